The van der Waals surface area contributed by atoms with Gasteiger partial charge in [-0.2, -0.15) is 0 Å². The molecule has 164 valence electrons. The third-order valence-corrected chi connectivity index (χ3v) is 5.67. The lowest BCUT2D eigenvalue weighted by atomic mass is 10.1. The van der Waals surface area contributed by atoms with Gasteiger partial charge >= 0.3 is 5.84 Å². The van der Waals surface area contributed by atoms with E-state index in [2.05, 4.69) is 25.5 Å². The quantitative estimate of drug-likeness (QED) is 0.438. The summed E-state index contributed by atoms with van der Waals surface area (Å²) in [6.07, 6.45) is 9.09. The van der Waals surface area contributed by atoms with Crippen LogP contribution in [0.3, 0.4) is 0 Å². The lowest BCUT2D eigenvalue weighted by molar-refractivity contribution is 0.102. The van der Waals surface area contributed by atoms with E-state index in [0.29, 0.717) is 34.5 Å². The Hall–Kier alpha value is -4.34. The van der Waals surface area contributed by atoms with Gasteiger partial charge in [0.05, 0.1) is 29.5 Å². The highest BCUT2D eigenvalue weighted by Crippen LogP contribution is 2.39. The molecule has 1 aliphatic rings. The van der Waals surface area contributed by atoms with Gasteiger partial charge < -0.3 is 14.3 Å². The second-order valence-electron chi connectivity index (χ2n) is 8.04. The highest BCUT2D eigenvalue weighted by atomic mass is 19.1. The summed E-state index contributed by atoms with van der Waals surface area (Å²) in [5.74, 6) is 0.352. The number of amides is 1. The Balaban J connectivity index is 1.30. The number of pyridine rings is 1. The van der Waals surface area contributed by atoms with Crippen molar-refractivity contribution in [3.8, 4) is 17.2 Å². The number of anilines is 1. The van der Waals surface area contributed by atoms with E-state index in [0.717, 1.165) is 18.5 Å². The molecule has 1 aliphatic carbocycles. The Bertz CT molecular complexity index is 1510. The molecule has 1 N–H and O–H groups in total. The molecule has 5 aromatic rings. The van der Waals surface area contributed by atoms with Crippen LogP contribution in [-0.4, -0.2) is 35.0 Å². The smallest absolute Gasteiger partial charge is 0.326 e. The molecule has 0 atom stereocenters. The average Bonchev–Trinajstić information content (AvgIpc) is 3.18. The fourth-order valence-electron chi connectivity index (χ4n) is 3.80. The number of aryl methyl sites for hydroxylation is 1. The normalized spacial score (nSPS) is 13.5. The van der Waals surface area contributed by atoms with E-state index < -0.39 is 11.7 Å². The maximum absolute atomic E-state index is 14.7. The summed E-state index contributed by atoms with van der Waals surface area (Å²) in [6.45, 7) is 1.80. The molecular formula is C23H18FN7O2. The van der Waals surface area contributed by atoms with Crippen molar-refractivity contribution < 1.29 is 13.6 Å². The van der Waals surface area contributed by atoms with E-state index in [1.807, 2.05) is 10.8 Å². The van der Waals surface area contributed by atoms with Gasteiger partial charge in [-0.05, 0) is 49.6 Å². The van der Waals surface area contributed by atoms with E-state index in [1.165, 1.54) is 18.4 Å². The predicted molar refractivity (Wildman–Crippen MR) is 117 cm³/mol. The van der Waals surface area contributed by atoms with Crippen LogP contribution in [0.5, 0.6) is 0 Å². The van der Waals surface area contributed by atoms with Crippen LogP contribution in [0.2, 0.25) is 0 Å². The number of carbonyl (C=O) groups is 1. The van der Waals surface area contributed by atoms with Crippen LogP contribution in [0.4, 0.5) is 10.2 Å². The summed E-state index contributed by atoms with van der Waals surface area (Å²) in [6, 6.07) is 7.98. The number of halogens is 1. The van der Waals surface area contributed by atoms with Crippen molar-refractivity contribution in [1.82, 2.24) is 29.1 Å². The number of fused-ring (bicyclic) bond motifs is 1. The Labute approximate surface area is 186 Å². The zero-order valence-corrected chi connectivity index (χ0v) is 17.6. The summed E-state index contributed by atoms with van der Waals surface area (Å²) in [5, 5.41) is 10.7. The summed E-state index contributed by atoms with van der Waals surface area (Å²) in [5.41, 5.74) is 2.83. The van der Waals surface area contributed by atoms with Gasteiger partial charge in [0.25, 0.3) is 5.91 Å². The highest BCUT2D eigenvalue weighted by Gasteiger charge is 2.26. The SMILES string of the molecule is Cc1cc(F)c(C(=O)Nc2cccc(-c3nnc4occn34)n2)cc1-n1cnc(C2CC2)c1. The number of oxazole rings is 1. The van der Waals surface area contributed by atoms with Gasteiger partial charge in [-0.25, -0.2) is 18.8 Å². The summed E-state index contributed by atoms with van der Waals surface area (Å²) in [4.78, 5) is 21.8. The zero-order chi connectivity index (χ0) is 22.5. The first-order valence-corrected chi connectivity index (χ1v) is 10.5. The first-order valence-electron chi connectivity index (χ1n) is 10.5. The average molecular weight is 443 g/mol. The molecule has 1 aromatic carbocycles. The Morgan fingerprint density at radius 3 is 2.97 bits per heavy atom. The van der Waals surface area contributed by atoms with E-state index in [9.17, 15) is 9.18 Å². The molecule has 0 spiro atoms. The zero-order valence-electron chi connectivity index (χ0n) is 17.6. The molecule has 1 amide bonds. The molecule has 6 rings (SSSR count). The van der Waals surface area contributed by atoms with Gasteiger partial charge in [-0.3, -0.25) is 4.79 Å². The molecule has 0 saturated heterocycles. The lowest BCUT2D eigenvalue weighted by Gasteiger charge is -2.11. The first-order chi connectivity index (χ1) is 16.1. The maximum Gasteiger partial charge on any atom is 0.326 e. The third-order valence-electron chi connectivity index (χ3n) is 5.67. The number of carbonyl (C=O) groups excluding carboxylic acids is 1. The molecule has 0 unspecified atom stereocenters. The van der Waals surface area contributed by atoms with Crippen molar-refractivity contribution in [3.05, 3.63) is 78.0 Å². The molecule has 4 aromatic heterocycles. The topological polar surface area (TPSA) is 103 Å². The van der Waals surface area contributed by atoms with Crippen LogP contribution >= 0.6 is 0 Å². The largest absolute Gasteiger partial charge is 0.431 e. The van der Waals surface area contributed by atoms with Gasteiger partial charge in [-0.15, -0.1) is 5.10 Å². The molecule has 0 aliphatic heterocycles. The summed E-state index contributed by atoms with van der Waals surface area (Å²) >= 11 is 0. The number of hydrogen-bond acceptors (Lipinski definition) is 6. The maximum atomic E-state index is 14.7. The van der Waals surface area contributed by atoms with Crippen molar-refractivity contribution in [1.29, 1.82) is 0 Å². The van der Waals surface area contributed by atoms with E-state index in [-0.39, 0.29) is 11.4 Å². The van der Waals surface area contributed by atoms with Gasteiger partial charge in [0.1, 0.15) is 23.6 Å². The molecule has 33 heavy (non-hydrogen) atoms. The molecule has 0 radical (unpaired) electrons. The Kier molecular flexibility index (Phi) is 4.32. The first kappa shape index (κ1) is 19.4. The minimum atomic E-state index is -0.606. The minimum Gasteiger partial charge on any atom is -0.431 e. The molecule has 4 heterocycles. The Morgan fingerprint density at radius 1 is 1.24 bits per heavy atom. The number of nitrogens with one attached hydrogen (secondary N) is 1. The second kappa shape index (κ2) is 7.37. The van der Waals surface area contributed by atoms with Gasteiger partial charge in [-0.1, -0.05) is 11.2 Å². The monoisotopic (exact) mass is 443 g/mol. The number of hydrogen-bond donors (Lipinski definition) is 1. The van der Waals surface area contributed by atoms with Crippen LogP contribution in [0.1, 0.15) is 40.4 Å². The third kappa shape index (κ3) is 3.45. The van der Waals surface area contributed by atoms with Crippen molar-refractivity contribution in [2.75, 3.05) is 5.32 Å². The van der Waals surface area contributed by atoms with Crippen molar-refractivity contribution in [2.24, 2.45) is 0 Å². The van der Waals surface area contributed by atoms with Crippen LogP contribution in [0.15, 0.2) is 59.7 Å². The number of aromatic nitrogens is 6. The van der Waals surface area contributed by atoms with Gasteiger partial charge in [0.2, 0.25) is 0 Å². The van der Waals surface area contributed by atoms with E-state index in [4.69, 9.17) is 4.42 Å². The molecule has 0 bridgehead atoms. The highest BCUT2D eigenvalue weighted by molar-refractivity contribution is 6.04. The lowest BCUT2D eigenvalue weighted by Crippen LogP contribution is -2.16. The van der Waals surface area contributed by atoms with Crippen LogP contribution < -0.4 is 5.32 Å². The second-order valence-corrected chi connectivity index (χ2v) is 8.04. The van der Waals surface area contributed by atoms with Crippen molar-refractivity contribution >= 4 is 17.6 Å². The predicted octanol–water partition coefficient (Wildman–Crippen LogP) is 4.15. The molecule has 1 fully saturated rings. The van der Waals surface area contributed by atoms with E-state index in [1.54, 1.807) is 42.0 Å². The molecular weight excluding hydrogens is 425 g/mol. The standard InChI is InChI=1S/C23H18FN7O2/c1-13-9-16(24)15(10-19(13)30-11-18(25-12-30)14-5-6-14)22(32)27-20-4-2-3-17(26-20)21-28-29-23-31(21)7-8-33-23/h2-4,7-12,14H,5-6H2,1H3,(H,26,27,32). The van der Waals surface area contributed by atoms with Gasteiger partial charge in [0, 0.05) is 12.1 Å². The molecule has 10 heteroatoms. The fourth-order valence-corrected chi connectivity index (χ4v) is 3.80. The number of nitrogens with zero attached hydrogens (tertiary/aromatic N) is 6. The van der Waals surface area contributed by atoms with Crippen LogP contribution in [0.25, 0.3) is 23.0 Å². The molecule has 9 nitrogen and oxygen atoms in total. The molecule has 1 saturated carbocycles. The van der Waals surface area contributed by atoms with E-state index >= 15 is 0 Å². The number of imidazole rings is 1. The summed E-state index contributed by atoms with van der Waals surface area (Å²) in [7, 11) is 0. The fraction of sp³-hybridized carbons (Fsp3) is 0.174. The number of rotatable bonds is 5. The van der Waals surface area contributed by atoms with Crippen LogP contribution in [-0.2, 0) is 0 Å². The number of benzene rings is 1. The summed E-state index contributed by atoms with van der Waals surface area (Å²) < 4.78 is 23.4. The van der Waals surface area contributed by atoms with Crippen molar-refractivity contribution in [2.45, 2.75) is 25.7 Å². The minimum absolute atomic E-state index is 0.0795. The Morgan fingerprint density at radius 2 is 2.12 bits per heavy atom. The van der Waals surface area contributed by atoms with Gasteiger partial charge in [0.15, 0.2) is 5.82 Å². The van der Waals surface area contributed by atoms with Crippen LogP contribution in [0, 0.1) is 12.7 Å². The van der Waals surface area contributed by atoms with Crippen molar-refractivity contribution in [3.63, 3.8) is 0 Å².